The van der Waals surface area contributed by atoms with Crippen molar-refractivity contribution in [3.8, 4) is 22.8 Å². The number of nitrogens with two attached hydrogens (primary N) is 1. The van der Waals surface area contributed by atoms with E-state index in [9.17, 15) is 9.90 Å². The Balaban J connectivity index is 2.67. The number of anilines is 1. The van der Waals surface area contributed by atoms with Crippen LogP contribution in [0.15, 0.2) is 18.2 Å². The molecular weight excluding hydrogens is 256 g/mol. The molecule has 20 heavy (non-hydrogen) atoms. The summed E-state index contributed by atoms with van der Waals surface area (Å²) in [5.74, 6) is 0.359. The van der Waals surface area contributed by atoms with Crippen molar-refractivity contribution >= 4 is 11.5 Å². The van der Waals surface area contributed by atoms with E-state index in [0.29, 0.717) is 22.7 Å². The second-order valence-electron chi connectivity index (χ2n) is 4.72. The summed E-state index contributed by atoms with van der Waals surface area (Å²) in [4.78, 5) is 11.7. The average Bonchev–Trinajstić information content (AvgIpc) is 2.60. The molecule has 2 rings (SSSR count). The molecule has 0 aliphatic carbocycles. The third-order valence-electron chi connectivity index (χ3n) is 3.53. The van der Waals surface area contributed by atoms with Crippen LogP contribution >= 0.6 is 0 Å². The summed E-state index contributed by atoms with van der Waals surface area (Å²) in [6.07, 6.45) is 0. The van der Waals surface area contributed by atoms with Gasteiger partial charge in [0.05, 0.1) is 24.1 Å². The highest BCUT2D eigenvalue weighted by Crippen LogP contribution is 2.37. The topological polar surface area (TPSA) is 77.5 Å². The quantitative estimate of drug-likeness (QED) is 0.843. The maximum absolute atomic E-state index is 11.7. The van der Waals surface area contributed by atoms with Crippen LogP contribution in [0.4, 0.5) is 5.69 Å². The Morgan fingerprint density at radius 2 is 2.05 bits per heavy atom. The van der Waals surface area contributed by atoms with Crippen molar-refractivity contribution in [2.45, 2.75) is 13.8 Å². The van der Waals surface area contributed by atoms with E-state index in [1.165, 1.54) is 14.0 Å². The zero-order chi connectivity index (χ0) is 15.0. The molecule has 1 aromatic heterocycles. The first-order chi connectivity index (χ1) is 9.38. The average molecular weight is 274 g/mol. The van der Waals surface area contributed by atoms with E-state index in [0.717, 1.165) is 11.3 Å². The minimum Gasteiger partial charge on any atom is -0.504 e. The van der Waals surface area contributed by atoms with Crippen LogP contribution < -0.4 is 10.5 Å². The third kappa shape index (κ3) is 2.01. The van der Waals surface area contributed by atoms with Crippen molar-refractivity contribution in [1.82, 2.24) is 4.57 Å². The minimum absolute atomic E-state index is 0.0348. The van der Waals surface area contributed by atoms with Gasteiger partial charge in [0, 0.05) is 18.3 Å². The molecule has 0 radical (unpaired) electrons. The summed E-state index contributed by atoms with van der Waals surface area (Å²) >= 11 is 0. The Hall–Kier alpha value is -2.43. The van der Waals surface area contributed by atoms with E-state index in [4.69, 9.17) is 10.5 Å². The first-order valence-corrected chi connectivity index (χ1v) is 6.21. The zero-order valence-corrected chi connectivity index (χ0v) is 12.0. The number of aromatic hydroxyl groups is 1. The van der Waals surface area contributed by atoms with Gasteiger partial charge in [-0.3, -0.25) is 4.79 Å². The number of nitrogens with zero attached hydrogens (tertiary/aromatic N) is 1. The van der Waals surface area contributed by atoms with Gasteiger partial charge in [0.1, 0.15) is 0 Å². The molecular formula is C15H18N2O3. The molecule has 0 amide bonds. The monoisotopic (exact) mass is 274 g/mol. The van der Waals surface area contributed by atoms with Crippen molar-refractivity contribution in [3.63, 3.8) is 0 Å². The number of rotatable bonds is 3. The summed E-state index contributed by atoms with van der Waals surface area (Å²) in [6.45, 7) is 3.34. The number of methoxy groups -OCH3 is 1. The highest BCUT2D eigenvalue weighted by Gasteiger charge is 2.20. The van der Waals surface area contributed by atoms with E-state index in [1.54, 1.807) is 18.2 Å². The molecule has 0 bridgehead atoms. The lowest BCUT2D eigenvalue weighted by Crippen LogP contribution is -1.98. The Morgan fingerprint density at radius 3 is 2.50 bits per heavy atom. The molecule has 0 saturated heterocycles. The Bertz CT molecular complexity index is 687. The smallest absolute Gasteiger partial charge is 0.163 e. The number of phenols is 1. The van der Waals surface area contributed by atoms with Gasteiger partial charge in [0.2, 0.25) is 0 Å². The van der Waals surface area contributed by atoms with E-state index in [2.05, 4.69) is 0 Å². The van der Waals surface area contributed by atoms with E-state index >= 15 is 0 Å². The molecule has 106 valence electrons. The molecule has 1 aromatic carbocycles. The largest absolute Gasteiger partial charge is 0.504 e. The molecule has 0 aliphatic rings. The number of ether oxygens (including phenoxy) is 1. The number of Topliss-reactive ketones (excluding diaryl/α,β-unsaturated/α-hetero) is 1. The van der Waals surface area contributed by atoms with Gasteiger partial charge in [-0.25, -0.2) is 0 Å². The molecule has 5 heteroatoms. The van der Waals surface area contributed by atoms with Gasteiger partial charge >= 0.3 is 0 Å². The van der Waals surface area contributed by atoms with Gasteiger partial charge in [0.25, 0.3) is 0 Å². The Kier molecular flexibility index (Phi) is 3.44. The van der Waals surface area contributed by atoms with Crippen LogP contribution in [0.1, 0.15) is 23.0 Å². The molecule has 0 atom stereocenters. The number of aromatic nitrogens is 1. The number of carbonyl (C=O) groups is 1. The predicted molar refractivity (Wildman–Crippen MR) is 78.2 cm³/mol. The van der Waals surface area contributed by atoms with Crippen molar-refractivity contribution in [2.75, 3.05) is 12.8 Å². The first-order valence-electron chi connectivity index (χ1n) is 6.21. The highest BCUT2D eigenvalue weighted by molar-refractivity contribution is 6.04. The lowest BCUT2D eigenvalue weighted by Gasteiger charge is -2.09. The van der Waals surface area contributed by atoms with Gasteiger partial charge in [-0.1, -0.05) is 0 Å². The van der Waals surface area contributed by atoms with Crippen LogP contribution in [-0.4, -0.2) is 22.6 Å². The van der Waals surface area contributed by atoms with Gasteiger partial charge in [-0.15, -0.1) is 0 Å². The molecule has 0 spiro atoms. The van der Waals surface area contributed by atoms with E-state index < -0.39 is 0 Å². The normalized spacial score (nSPS) is 10.6. The second kappa shape index (κ2) is 4.92. The number of ketones is 1. The molecule has 0 unspecified atom stereocenters. The number of hydrogen-bond donors (Lipinski definition) is 2. The minimum atomic E-state index is -0.0698. The van der Waals surface area contributed by atoms with Gasteiger partial charge in [-0.2, -0.15) is 0 Å². The van der Waals surface area contributed by atoms with E-state index in [-0.39, 0.29) is 11.5 Å². The van der Waals surface area contributed by atoms with Crippen molar-refractivity contribution in [1.29, 1.82) is 0 Å². The summed E-state index contributed by atoms with van der Waals surface area (Å²) in [5, 5.41) is 9.88. The summed E-state index contributed by atoms with van der Waals surface area (Å²) in [7, 11) is 3.33. The van der Waals surface area contributed by atoms with E-state index in [1.807, 2.05) is 18.5 Å². The van der Waals surface area contributed by atoms with Crippen LogP contribution in [0.25, 0.3) is 11.3 Å². The molecule has 0 fully saturated rings. The number of carbonyl (C=O) groups excluding carboxylic acids is 1. The molecule has 0 aliphatic heterocycles. The third-order valence-corrected chi connectivity index (χ3v) is 3.53. The van der Waals surface area contributed by atoms with Gasteiger partial charge in [-0.05, 0) is 32.0 Å². The number of benzene rings is 1. The molecule has 1 heterocycles. The Morgan fingerprint density at radius 1 is 1.40 bits per heavy atom. The molecule has 2 aromatic rings. The maximum atomic E-state index is 11.7. The van der Waals surface area contributed by atoms with Crippen LogP contribution in [-0.2, 0) is 7.05 Å². The van der Waals surface area contributed by atoms with Crippen LogP contribution in [0, 0.1) is 6.92 Å². The number of hydrogen-bond acceptors (Lipinski definition) is 4. The number of nitrogen functional groups attached to an aromatic ring is 1. The Labute approximate surface area is 117 Å². The lowest BCUT2D eigenvalue weighted by atomic mass is 10.1. The number of phenolic OH excluding ortho intramolecular Hbond substituents is 1. The van der Waals surface area contributed by atoms with Crippen molar-refractivity contribution in [2.24, 2.45) is 7.05 Å². The fourth-order valence-corrected chi connectivity index (χ4v) is 2.46. The fourth-order valence-electron chi connectivity index (χ4n) is 2.46. The first kappa shape index (κ1) is 14.0. The second-order valence-corrected chi connectivity index (χ2v) is 4.72. The molecule has 3 N–H and O–H groups in total. The zero-order valence-electron chi connectivity index (χ0n) is 12.0. The highest BCUT2D eigenvalue weighted by atomic mass is 16.5. The van der Waals surface area contributed by atoms with Crippen LogP contribution in [0.5, 0.6) is 11.5 Å². The predicted octanol–water partition coefficient (Wildman–Crippen LogP) is 2.50. The summed E-state index contributed by atoms with van der Waals surface area (Å²) < 4.78 is 6.88. The fraction of sp³-hybridized carbons (Fsp3) is 0.267. The van der Waals surface area contributed by atoms with Crippen LogP contribution in [0.2, 0.25) is 0 Å². The standard InChI is InChI=1S/C15H18N2O3/c1-8-13(9(2)18)14(16)15(17(8)3)10-5-6-12(20-4)11(19)7-10/h5-7,19H,16H2,1-4H3. The SMILES string of the molecule is COc1ccc(-c2c(N)c(C(C)=O)c(C)n2C)cc1O. The molecule has 5 nitrogen and oxygen atoms in total. The summed E-state index contributed by atoms with van der Waals surface area (Å²) in [6, 6.07) is 5.04. The van der Waals surface area contributed by atoms with Crippen molar-refractivity contribution < 1.29 is 14.6 Å². The van der Waals surface area contributed by atoms with Crippen LogP contribution in [0.3, 0.4) is 0 Å². The maximum Gasteiger partial charge on any atom is 0.163 e. The summed E-state index contributed by atoms with van der Waals surface area (Å²) in [5.41, 5.74) is 9.32. The lowest BCUT2D eigenvalue weighted by molar-refractivity contribution is 0.101. The molecule has 0 saturated carbocycles. The van der Waals surface area contributed by atoms with Crippen molar-refractivity contribution in [3.05, 3.63) is 29.5 Å². The van der Waals surface area contributed by atoms with Gasteiger partial charge < -0.3 is 20.1 Å². The van der Waals surface area contributed by atoms with Gasteiger partial charge in [0.15, 0.2) is 17.3 Å².